The van der Waals surface area contributed by atoms with Crippen LogP contribution in [-0.2, 0) is 32.6 Å². The third-order valence-corrected chi connectivity index (χ3v) is 9.18. The predicted octanol–water partition coefficient (Wildman–Crippen LogP) is 5.72. The van der Waals surface area contributed by atoms with Crippen molar-refractivity contribution in [3.05, 3.63) is 96.1 Å². The smallest absolute Gasteiger partial charge is 0.243 e. The first-order valence-electron chi connectivity index (χ1n) is 15.6. The molecule has 1 N–H and O–H groups in total. The van der Waals surface area contributed by atoms with Crippen LogP contribution in [0.1, 0.15) is 63.0 Å². The van der Waals surface area contributed by atoms with Gasteiger partial charge in [-0.2, -0.15) is 0 Å². The Morgan fingerprint density at radius 2 is 1.50 bits per heavy atom. The van der Waals surface area contributed by atoms with Gasteiger partial charge in [0.25, 0.3) is 0 Å². The van der Waals surface area contributed by atoms with Crippen molar-refractivity contribution in [1.29, 1.82) is 0 Å². The van der Waals surface area contributed by atoms with E-state index in [1.54, 1.807) is 29.2 Å². The number of nitrogens with zero attached hydrogens (tertiary/aromatic N) is 2. The zero-order chi connectivity index (χ0) is 31.4. The summed E-state index contributed by atoms with van der Waals surface area (Å²) in [5.74, 6) is 0.133. The van der Waals surface area contributed by atoms with Crippen molar-refractivity contribution in [2.45, 2.75) is 76.9 Å². The summed E-state index contributed by atoms with van der Waals surface area (Å²) in [6.45, 7) is 2.62. The Morgan fingerprint density at radius 1 is 0.886 bits per heavy atom. The SMILES string of the molecule is CCOc1ccccc1N(CCCC(=O)N(Cc1ccccc1)[C@@H](Cc1ccccc1)C(=O)NC1CCCCC1)S(C)(=O)=O. The molecule has 0 unspecified atom stereocenters. The van der Waals surface area contributed by atoms with Crippen LogP contribution in [0.4, 0.5) is 5.69 Å². The Hall–Kier alpha value is -3.85. The number of carbonyl (C=O) groups is 2. The molecule has 236 valence electrons. The quantitative estimate of drug-likeness (QED) is 0.235. The van der Waals surface area contributed by atoms with Crippen LogP contribution in [0.3, 0.4) is 0 Å². The van der Waals surface area contributed by atoms with Crippen molar-refractivity contribution in [2.75, 3.05) is 23.7 Å². The molecule has 0 aromatic heterocycles. The molecule has 0 spiro atoms. The number of nitrogens with one attached hydrogen (secondary N) is 1. The van der Waals surface area contributed by atoms with Gasteiger partial charge in [-0.1, -0.05) is 92.1 Å². The number of benzene rings is 3. The summed E-state index contributed by atoms with van der Waals surface area (Å²) in [6, 6.07) is 25.9. The van der Waals surface area contributed by atoms with E-state index in [-0.39, 0.29) is 43.8 Å². The van der Waals surface area contributed by atoms with E-state index in [4.69, 9.17) is 4.74 Å². The van der Waals surface area contributed by atoms with Crippen LogP contribution in [-0.4, -0.2) is 56.6 Å². The predicted molar refractivity (Wildman–Crippen MR) is 175 cm³/mol. The van der Waals surface area contributed by atoms with Crippen molar-refractivity contribution in [2.24, 2.45) is 0 Å². The lowest BCUT2D eigenvalue weighted by atomic mass is 9.94. The van der Waals surface area contributed by atoms with Crippen molar-refractivity contribution in [1.82, 2.24) is 10.2 Å². The number of sulfonamides is 1. The summed E-state index contributed by atoms with van der Waals surface area (Å²) >= 11 is 0. The summed E-state index contributed by atoms with van der Waals surface area (Å²) in [6.07, 6.45) is 7.14. The Balaban J connectivity index is 1.58. The van der Waals surface area contributed by atoms with Crippen LogP contribution in [0.5, 0.6) is 5.75 Å². The van der Waals surface area contributed by atoms with Gasteiger partial charge in [0.1, 0.15) is 11.8 Å². The van der Waals surface area contributed by atoms with Crippen LogP contribution in [0.15, 0.2) is 84.9 Å². The van der Waals surface area contributed by atoms with E-state index in [1.165, 1.54) is 10.7 Å². The maximum Gasteiger partial charge on any atom is 0.243 e. The maximum atomic E-state index is 14.1. The number of hydrogen-bond acceptors (Lipinski definition) is 5. The number of hydrogen-bond donors (Lipinski definition) is 1. The highest BCUT2D eigenvalue weighted by Crippen LogP contribution is 2.30. The molecule has 3 aromatic carbocycles. The molecule has 0 radical (unpaired) electrons. The zero-order valence-electron chi connectivity index (χ0n) is 25.9. The molecule has 4 rings (SSSR count). The number of rotatable bonds is 15. The van der Waals surface area contributed by atoms with Gasteiger partial charge in [0.2, 0.25) is 21.8 Å². The van der Waals surface area contributed by atoms with Crippen molar-refractivity contribution in [3.8, 4) is 5.75 Å². The molecule has 1 atom stereocenters. The van der Waals surface area contributed by atoms with Gasteiger partial charge in [-0.05, 0) is 49.4 Å². The highest BCUT2D eigenvalue weighted by molar-refractivity contribution is 7.92. The van der Waals surface area contributed by atoms with Crippen LogP contribution in [0.25, 0.3) is 0 Å². The Bertz CT molecular complexity index is 1440. The monoisotopic (exact) mass is 619 g/mol. The summed E-state index contributed by atoms with van der Waals surface area (Å²) in [4.78, 5) is 29.7. The molecule has 1 aliphatic carbocycles. The molecule has 0 heterocycles. The molecular weight excluding hydrogens is 574 g/mol. The van der Waals surface area contributed by atoms with Crippen molar-refractivity contribution < 1.29 is 22.7 Å². The average molecular weight is 620 g/mol. The van der Waals surface area contributed by atoms with Crippen LogP contribution >= 0.6 is 0 Å². The lowest BCUT2D eigenvalue weighted by Crippen LogP contribution is -2.52. The van der Waals surface area contributed by atoms with E-state index in [2.05, 4.69) is 5.32 Å². The number of carbonyl (C=O) groups excluding carboxylic acids is 2. The molecule has 0 bridgehead atoms. The molecule has 2 amide bonds. The molecule has 44 heavy (non-hydrogen) atoms. The average Bonchev–Trinajstić information content (AvgIpc) is 3.02. The van der Waals surface area contributed by atoms with Gasteiger partial charge in [-0.3, -0.25) is 13.9 Å². The van der Waals surface area contributed by atoms with E-state index in [0.717, 1.165) is 43.1 Å². The third kappa shape index (κ3) is 9.58. The highest BCUT2D eigenvalue weighted by Gasteiger charge is 2.32. The zero-order valence-corrected chi connectivity index (χ0v) is 26.7. The topological polar surface area (TPSA) is 96.0 Å². The fraction of sp³-hybridized carbons (Fsp3) is 0.429. The first-order valence-corrected chi connectivity index (χ1v) is 17.5. The summed E-state index contributed by atoms with van der Waals surface area (Å²) in [7, 11) is -3.65. The first-order chi connectivity index (χ1) is 21.3. The minimum Gasteiger partial charge on any atom is -0.492 e. The van der Waals surface area contributed by atoms with E-state index < -0.39 is 16.1 Å². The number of ether oxygens (including phenoxy) is 1. The molecule has 1 fully saturated rings. The molecule has 1 aliphatic rings. The summed E-state index contributed by atoms with van der Waals surface area (Å²) in [5, 5.41) is 3.26. The second-order valence-corrected chi connectivity index (χ2v) is 13.3. The molecule has 9 heteroatoms. The highest BCUT2D eigenvalue weighted by atomic mass is 32.2. The van der Waals surface area contributed by atoms with E-state index in [0.29, 0.717) is 24.5 Å². The van der Waals surface area contributed by atoms with Gasteiger partial charge in [0.05, 0.1) is 18.6 Å². The van der Waals surface area contributed by atoms with Crippen molar-refractivity contribution >= 4 is 27.5 Å². The Morgan fingerprint density at radius 3 is 2.14 bits per heavy atom. The molecule has 1 saturated carbocycles. The normalized spacial score (nSPS) is 14.4. The van der Waals surface area contributed by atoms with Gasteiger partial charge >= 0.3 is 0 Å². The second-order valence-electron chi connectivity index (χ2n) is 11.4. The van der Waals surface area contributed by atoms with E-state index in [1.807, 2.05) is 67.6 Å². The van der Waals surface area contributed by atoms with E-state index in [9.17, 15) is 18.0 Å². The van der Waals surface area contributed by atoms with Gasteiger partial charge in [0, 0.05) is 32.0 Å². The fourth-order valence-corrected chi connectivity index (χ4v) is 6.77. The standard InChI is InChI=1S/C35H45N3O5S/c1-3-43-33-23-14-13-22-31(33)38(44(2,41)42)25-15-24-34(39)37(27-29-18-9-5-10-19-29)32(26-28-16-7-4-8-17-28)35(40)36-30-20-11-6-12-21-30/h4-5,7-10,13-14,16-19,22-23,30,32H,3,6,11-12,15,20-21,24-27H2,1-2H3,(H,36,40)/t32-/m0/s1. The molecular formula is C35H45N3O5S. The van der Waals surface area contributed by atoms with Crippen LogP contribution in [0, 0.1) is 0 Å². The number of amides is 2. The van der Waals surface area contributed by atoms with Gasteiger partial charge in [0.15, 0.2) is 0 Å². The third-order valence-electron chi connectivity index (χ3n) is 8.00. The minimum absolute atomic E-state index is 0.0810. The molecule has 3 aromatic rings. The fourth-order valence-electron chi connectivity index (χ4n) is 5.80. The Kier molecular flexibility index (Phi) is 12.2. The van der Waals surface area contributed by atoms with Crippen LogP contribution < -0.4 is 14.4 Å². The van der Waals surface area contributed by atoms with Gasteiger partial charge in [-0.25, -0.2) is 8.42 Å². The number of para-hydroxylation sites is 2. The lowest BCUT2D eigenvalue weighted by molar-refractivity contribution is -0.141. The second kappa shape index (κ2) is 16.3. The summed E-state index contributed by atoms with van der Waals surface area (Å²) in [5.41, 5.74) is 2.34. The summed E-state index contributed by atoms with van der Waals surface area (Å²) < 4.78 is 32.7. The van der Waals surface area contributed by atoms with Gasteiger partial charge in [-0.15, -0.1) is 0 Å². The van der Waals surface area contributed by atoms with Gasteiger partial charge < -0.3 is 15.0 Å². The first kappa shape index (κ1) is 33.1. The van der Waals surface area contributed by atoms with E-state index >= 15 is 0 Å². The lowest BCUT2D eigenvalue weighted by Gasteiger charge is -2.34. The molecule has 8 nitrogen and oxygen atoms in total. The molecule has 0 aliphatic heterocycles. The Labute approximate surface area is 262 Å². The molecule has 0 saturated heterocycles. The largest absolute Gasteiger partial charge is 0.492 e. The van der Waals surface area contributed by atoms with Crippen molar-refractivity contribution in [3.63, 3.8) is 0 Å². The number of anilines is 1. The van der Waals surface area contributed by atoms with Crippen LogP contribution in [0.2, 0.25) is 0 Å². The maximum absolute atomic E-state index is 14.1. The minimum atomic E-state index is -3.65.